The molecule has 1 aliphatic rings. The molecule has 1 saturated heterocycles. The van der Waals surface area contributed by atoms with Crippen LogP contribution in [0, 0.1) is 0 Å². The van der Waals surface area contributed by atoms with Gasteiger partial charge in [-0.05, 0) is 42.0 Å². The Hall–Kier alpha value is -5.28. The molecule has 14 heteroatoms. The summed E-state index contributed by atoms with van der Waals surface area (Å²) in [4.78, 5) is 25.8. The zero-order valence-electron chi connectivity index (χ0n) is 22.5. The van der Waals surface area contributed by atoms with Gasteiger partial charge in [-0.2, -0.15) is 0 Å². The van der Waals surface area contributed by atoms with Gasteiger partial charge in [0.25, 0.3) is 0 Å². The van der Waals surface area contributed by atoms with E-state index in [1.54, 1.807) is 12.1 Å². The molecule has 2 heterocycles. The zero-order valence-corrected chi connectivity index (χ0v) is 22.5. The number of aromatic hydroxyl groups is 5. The number of benzene rings is 3. The molecule has 1 aliphatic heterocycles. The molecule has 14 nitrogen and oxygen atoms in total. The summed E-state index contributed by atoms with van der Waals surface area (Å²) in [6, 6.07) is 11.2. The lowest BCUT2D eigenvalue weighted by Gasteiger charge is -2.39. The molecule has 1 fully saturated rings. The highest BCUT2D eigenvalue weighted by Gasteiger charge is 2.46. The predicted molar refractivity (Wildman–Crippen MR) is 150 cm³/mol. The van der Waals surface area contributed by atoms with Crippen LogP contribution in [0.1, 0.15) is 5.56 Å². The Kier molecular flexibility index (Phi) is 8.33. The second-order valence-corrected chi connectivity index (χ2v) is 9.82. The van der Waals surface area contributed by atoms with Gasteiger partial charge in [-0.15, -0.1) is 0 Å². The molecule has 0 saturated carbocycles. The van der Waals surface area contributed by atoms with E-state index in [1.165, 1.54) is 24.3 Å². The number of hydrogen-bond acceptors (Lipinski definition) is 14. The van der Waals surface area contributed by atoms with E-state index in [1.807, 2.05) is 0 Å². The van der Waals surface area contributed by atoms with Crippen LogP contribution in [0.25, 0.3) is 28.4 Å². The van der Waals surface area contributed by atoms with Gasteiger partial charge in [0.05, 0.1) is 0 Å². The third kappa shape index (κ3) is 6.09. The van der Waals surface area contributed by atoms with E-state index in [4.69, 9.17) is 18.6 Å². The normalized spacial score (nSPS) is 21.8. The zero-order chi connectivity index (χ0) is 31.7. The molecule has 1 aromatic heterocycles. The van der Waals surface area contributed by atoms with E-state index in [2.05, 4.69) is 0 Å². The van der Waals surface area contributed by atoms with Gasteiger partial charge in [0.2, 0.25) is 17.5 Å². The van der Waals surface area contributed by atoms with Gasteiger partial charge in [0, 0.05) is 23.8 Å². The smallest absolute Gasteiger partial charge is 0.330 e. The maximum atomic E-state index is 13.6. The molecule has 0 spiro atoms. The second-order valence-electron chi connectivity index (χ2n) is 9.82. The summed E-state index contributed by atoms with van der Waals surface area (Å²) in [6.07, 6.45) is -6.45. The topological polar surface area (TPSA) is 237 Å². The highest BCUT2D eigenvalue weighted by atomic mass is 16.7. The Bertz CT molecular complexity index is 1780. The number of aliphatic hydroxyl groups excluding tert-OH is 3. The fourth-order valence-electron chi connectivity index (χ4n) is 4.46. The highest BCUT2D eigenvalue weighted by Crippen LogP contribution is 2.39. The first-order chi connectivity index (χ1) is 20.9. The van der Waals surface area contributed by atoms with Crippen LogP contribution in [0.3, 0.4) is 0 Å². The van der Waals surface area contributed by atoms with Crippen molar-refractivity contribution in [1.29, 1.82) is 0 Å². The summed E-state index contributed by atoms with van der Waals surface area (Å²) < 4.78 is 22.1. The van der Waals surface area contributed by atoms with Crippen LogP contribution >= 0.6 is 0 Å². The number of fused-ring (bicyclic) bond motifs is 1. The SMILES string of the molecule is O=C(/C=C/c1ccc(O)cc1)OC[C@@H]1O[C@@H](Oc2c(-c3ccc(O)c(O)c3)oc3cc(O)cc(O)c3c2=O)[C@@H](O)[C@H](O)[C@@H]1O. The molecule has 230 valence electrons. The van der Waals surface area contributed by atoms with Crippen molar-refractivity contribution in [3.63, 3.8) is 0 Å². The summed E-state index contributed by atoms with van der Waals surface area (Å²) in [7, 11) is 0. The largest absolute Gasteiger partial charge is 0.508 e. The number of aliphatic hydroxyl groups is 3. The van der Waals surface area contributed by atoms with Crippen molar-refractivity contribution in [2.24, 2.45) is 0 Å². The first-order valence-electron chi connectivity index (χ1n) is 13.0. The van der Waals surface area contributed by atoms with Gasteiger partial charge >= 0.3 is 5.97 Å². The van der Waals surface area contributed by atoms with Crippen LogP contribution in [-0.4, -0.2) is 84.1 Å². The monoisotopic (exact) mass is 610 g/mol. The van der Waals surface area contributed by atoms with Crippen LogP contribution < -0.4 is 10.2 Å². The molecule has 0 amide bonds. The molecule has 0 radical (unpaired) electrons. The molecule has 5 atom stereocenters. The second kappa shape index (κ2) is 12.1. The van der Waals surface area contributed by atoms with Gasteiger partial charge in [0.1, 0.15) is 59.2 Å². The van der Waals surface area contributed by atoms with E-state index in [0.717, 1.165) is 30.3 Å². The highest BCUT2D eigenvalue weighted by molar-refractivity contribution is 5.88. The van der Waals surface area contributed by atoms with Crippen molar-refractivity contribution in [3.05, 3.63) is 76.5 Å². The maximum absolute atomic E-state index is 13.6. The van der Waals surface area contributed by atoms with Crippen LogP contribution in [0.4, 0.5) is 0 Å². The Morgan fingerprint density at radius 3 is 2.25 bits per heavy atom. The number of phenolic OH excluding ortho intramolecular Hbond substituents is 5. The molecule has 8 N–H and O–H groups in total. The predicted octanol–water partition coefficient (Wildman–Crippen LogP) is 1.43. The van der Waals surface area contributed by atoms with Crippen molar-refractivity contribution >= 4 is 23.0 Å². The minimum atomic E-state index is -1.95. The lowest BCUT2D eigenvalue weighted by atomic mass is 9.99. The van der Waals surface area contributed by atoms with Crippen molar-refractivity contribution in [1.82, 2.24) is 0 Å². The average molecular weight is 611 g/mol. The van der Waals surface area contributed by atoms with Crippen molar-refractivity contribution in [2.75, 3.05) is 6.61 Å². The first kappa shape index (κ1) is 30.2. The Labute approximate surface area is 247 Å². The third-order valence-corrected chi connectivity index (χ3v) is 6.75. The first-order valence-corrected chi connectivity index (χ1v) is 13.0. The fraction of sp³-hybridized carbons (Fsp3) is 0.200. The molecule has 0 bridgehead atoms. The van der Waals surface area contributed by atoms with Gasteiger partial charge in [-0.25, -0.2) is 4.79 Å². The standard InChI is InChI=1S/C30H26O14/c31-15-5-1-13(2-6-15)3-8-22(36)41-12-21-24(37)26(39)27(40)30(43-21)44-29-25(38)23-19(35)10-16(32)11-20(23)42-28(29)14-4-7-17(33)18(34)9-14/h1-11,21,24,26-27,30-35,37,39-40H,12H2/b8-3+/t21-,24+,26+,27-,30-/m0/s1. The Morgan fingerprint density at radius 1 is 0.818 bits per heavy atom. The fourth-order valence-corrected chi connectivity index (χ4v) is 4.46. The molecule has 0 unspecified atom stereocenters. The lowest BCUT2D eigenvalue weighted by Crippen LogP contribution is -2.60. The van der Waals surface area contributed by atoms with Gasteiger partial charge in [-0.1, -0.05) is 12.1 Å². The number of carbonyl (C=O) groups is 1. The summed E-state index contributed by atoms with van der Waals surface area (Å²) in [6.45, 7) is -0.616. The van der Waals surface area contributed by atoms with E-state index in [-0.39, 0.29) is 22.7 Å². The number of rotatable bonds is 7. The maximum Gasteiger partial charge on any atom is 0.330 e. The Balaban J connectivity index is 1.43. The molecular weight excluding hydrogens is 584 g/mol. The number of carbonyl (C=O) groups excluding carboxylic acids is 1. The minimum Gasteiger partial charge on any atom is -0.508 e. The Morgan fingerprint density at radius 2 is 1.55 bits per heavy atom. The summed E-state index contributed by atoms with van der Waals surface area (Å²) in [5, 5.41) is 80.6. The number of phenols is 5. The summed E-state index contributed by atoms with van der Waals surface area (Å²) >= 11 is 0. The van der Waals surface area contributed by atoms with Gasteiger partial charge < -0.3 is 59.5 Å². The third-order valence-electron chi connectivity index (χ3n) is 6.75. The van der Waals surface area contributed by atoms with Crippen molar-refractivity contribution in [3.8, 4) is 45.8 Å². The number of ether oxygens (including phenoxy) is 3. The van der Waals surface area contributed by atoms with E-state index in [0.29, 0.717) is 5.56 Å². The van der Waals surface area contributed by atoms with Gasteiger partial charge in [-0.3, -0.25) is 4.79 Å². The van der Waals surface area contributed by atoms with Crippen LogP contribution in [0.2, 0.25) is 0 Å². The van der Waals surface area contributed by atoms with Gasteiger partial charge in [0.15, 0.2) is 17.3 Å². The lowest BCUT2D eigenvalue weighted by molar-refractivity contribution is -0.278. The molecule has 5 rings (SSSR count). The van der Waals surface area contributed by atoms with Crippen molar-refractivity contribution < 1.29 is 64.3 Å². The average Bonchev–Trinajstić information content (AvgIpc) is 2.98. The molecule has 3 aromatic carbocycles. The summed E-state index contributed by atoms with van der Waals surface area (Å²) in [5.74, 6) is -4.08. The minimum absolute atomic E-state index is 0.0195. The van der Waals surface area contributed by atoms with Crippen LogP contribution in [-0.2, 0) is 14.3 Å². The van der Waals surface area contributed by atoms with Crippen molar-refractivity contribution in [2.45, 2.75) is 30.7 Å². The number of hydrogen-bond donors (Lipinski definition) is 8. The van der Waals surface area contributed by atoms with Crippen LogP contribution in [0.15, 0.2) is 69.9 Å². The molecule has 44 heavy (non-hydrogen) atoms. The van der Waals surface area contributed by atoms with E-state index >= 15 is 0 Å². The molecular formula is C30H26O14. The number of esters is 1. The molecule has 4 aromatic rings. The summed E-state index contributed by atoms with van der Waals surface area (Å²) in [5.41, 5.74) is -0.735. The van der Waals surface area contributed by atoms with E-state index in [9.17, 15) is 50.4 Å². The van der Waals surface area contributed by atoms with Crippen LogP contribution in [0.5, 0.6) is 34.5 Å². The quantitative estimate of drug-likeness (QED) is 0.0840. The van der Waals surface area contributed by atoms with E-state index < -0.39 is 82.8 Å². The molecule has 0 aliphatic carbocycles.